The average Bonchev–Trinajstić information content (AvgIpc) is 3.16. The van der Waals surface area contributed by atoms with E-state index in [9.17, 15) is 18.3 Å². The Hall–Kier alpha value is -1.34. The quantitative estimate of drug-likeness (QED) is 0.897. The molecule has 2 aromatic rings. The second-order valence-electron chi connectivity index (χ2n) is 5.07. The summed E-state index contributed by atoms with van der Waals surface area (Å²) in [7, 11) is 0. The van der Waals surface area contributed by atoms with Gasteiger partial charge in [-0.05, 0) is 37.1 Å². The van der Waals surface area contributed by atoms with Crippen molar-refractivity contribution in [2.75, 3.05) is 0 Å². The molecular weight excluding hydrogens is 349 g/mol. The average molecular weight is 361 g/mol. The lowest BCUT2D eigenvalue weighted by Gasteiger charge is -2.11. The van der Waals surface area contributed by atoms with Gasteiger partial charge in [-0.3, -0.25) is 0 Å². The number of rotatable bonds is 3. The van der Waals surface area contributed by atoms with Crippen LogP contribution in [-0.2, 0) is 12.8 Å². The molecule has 1 fully saturated rings. The first kappa shape index (κ1) is 14.6. The van der Waals surface area contributed by atoms with Crippen molar-refractivity contribution in [1.29, 1.82) is 0 Å². The van der Waals surface area contributed by atoms with Crippen molar-refractivity contribution in [3.8, 4) is 5.69 Å². The maximum atomic E-state index is 12.9. The van der Waals surface area contributed by atoms with E-state index in [0.29, 0.717) is 16.9 Å². The van der Waals surface area contributed by atoms with Crippen molar-refractivity contribution in [1.82, 2.24) is 9.78 Å². The van der Waals surface area contributed by atoms with Crippen LogP contribution in [0.15, 0.2) is 28.7 Å². The predicted molar refractivity (Wildman–Crippen MR) is 74.2 cm³/mol. The summed E-state index contributed by atoms with van der Waals surface area (Å²) < 4.78 is 40.8. The molecule has 0 bridgehead atoms. The van der Waals surface area contributed by atoms with Gasteiger partial charge in [0, 0.05) is 21.6 Å². The van der Waals surface area contributed by atoms with E-state index in [1.54, 1.807) is 18.2 Å². The van der Waals surface area contributed by atoms with Crippen LogP contribution in [0, 0.1) is 0 Å². The third kappa shape index (κ3) is 2.85. The molecule has 0 aliphatic heterocycles. The molecule has 1 saturated carbocycles. The minimum atomic E-state index is -4.47. The molecule has 1 aliphatic carbocycles. The predicted octanol–water partition coefficient (Wildman–Crippen LogP) is 4.02. The summed E-state index contributed by atoms with van der Waals surface area (Å²) in [4.78, 5) is 0. The number of hydrogen-bond acceptors (Lipinski definition) is 2. The minimum Gasteiger partial charge on any atom is -0.392 e. The van der Waals surface area contributed by atoms with E-state index >= 15 is 0 Å². The monoisotopic (exact) mass is 360 g/mol. The Morgan fingerprint density at radius 3 is 2.57 bits per heavy atom. The van der Waals surface area contributed by atoms with Gasteiger partial charge < -0.3 is 5.11 Å². The van der Waals surface area contributed by atoms with E-state index in [0.717, 1.165) is 23.4 Å². The van der Waals surface area contributed by atoms with E-state index in [-0.39, 0.29) is 12.5 Å². The highest BCUT2D eigenvalue weighted by Crippen LogP contribution is 2.43. The van der Waals surface area contributed by atoms with E-state index in [1.807, 2.05) is 0 Å². The van der Waals surface area contributed by atoms with Crippen LogP contribution >= 0.6 is 15.9 Å². The summed E-state index contributed by atoms with van der Waals surface area (Å²) in [5, 5.41) is 13.1. The van der Waals surface area contributed by atoms with Crippen LogP contribution in [0.2, 0.25) is 0 Å². The van der Waals surface area contributed by atoms with Gasteiger partial charge in [-0.1, -0.05) is 15.9 Å². The van der Waals surface area contributed by atoms with E-state index in [4.69, 9.17) is 0 Å². The van der Waals surface area contributed by atoms with Crippen LogP contribution in [0.3, 0.4) is 0 Å². The van der Waals surface area contributed by atoms with Crippen molar-refractivity contribution in [3.05, 3.63) is 45.7 Å². The Kier molecular flexibility index (Phi) is 3.57. The zero-order chi connectivity index (χ0) is 15.2. The first-order chi connectivity index (χ1) is 9.90. The third-order valence-corrected chi connectivity index (χ3v) is 3.96. The molecule has 112 valence electrons. The molecule has 1 aliphatic rings. The van der Waals surface area contributed by atoms with Gasteiger partial charge in [-0.2, -0.15) is 18.3 Å². The van der Waals surface area contributed by atoms with Crippen molar-refractivity contribution in [2.24, 2.45) is 0 Å². The van der Waals surface area contributed by atoms with Crippen molar-refractivity contribution < 1.29 is 18.3 Å². The molecule has 1 aromatic heterocycles. The molecule has 7 heteroatoms. The third-order valence-electron chi connectivity index (χ3n) is 3.46. The molecule has 0 unspecified atom stereocenters. The van der Waals surface area contributed by atoms with Crippen LogP contribution in [-0.4, -0.2) is 14.9 Å². The Morgan fingerprint density at radius 2 is 2.00 bits per heavy atom. The fourth-order valence-electron chi connectivity index (χ4n) is 2.28. The number of aliphatic hydroxyl groups excluding tert-OH is 1. The highest BCUT2D eigenvalue weighted by molar-refractivity contribution is 9.10. The first-order valence-corrected chi connectivity index (χ1v) is 7.26. The molecule has 0 atom stereocenters. The summed E-state index contributed by atoms with van der Waals surface area (Å²) in [6, 6.07) is 6.18. The molecule has 1 aromatic carbocycles. The number of nitrogens with zero attached hydrogens (tertiary/aromatic N) is 2. The number of alkyl halides is 3. The minimum absolute atomic E-state index is 0.115. The van der Waals surface area contributed by atoms with Gasteiger partial charge in [0.25, 0.3) is 0 Å². The number of hydrogen-bond donors (Lipinski definition) is 1. The SMILES string of the molecule is OCc1cc(Br)ccc1-n1nc(C(F)(F)F)cc1C1CC1. The normalized spacial score (nSPS) is 15.5. The van der Waals surface area contributed by atoms with E-state index in [1.165, 1.54) is 4.68 Å². The van der Waals surface area contributed by atoms with Crippen LogP contribution in [0.1, 0.15) is 35.7 Å². The lowest BCUT2D eigenvalue weighted by atomic mass is 10.1. The molecule has 1 N–H and O–H groups in total. The highest BCUT2D eigenvalue weighted by Gasteiger charge is 2.38. The summed E-state index contributed by atoms with van der Waals surface area (Å²) >= 11 is 3.29. The molecule has 1 heterocycles. The maximum Gasteiger partial charge on any atom is 0.435 e. The fourth-order valence-corrected chi connectivity index (χ4v) is 2.69. The molecule has 3 nitrogen and oxygen atoms in total. The van der Waals surface area contributed by atoms with Gasteiger partial charge in [-0.15, -0.1) is 0 Å². The smallest absolute Gasteiger partial charge is 0.392 e. The molecular formula is C14H12BrF3N2O. The molecule has 0 saturated heterocycles. The number of benzene rings is 1. The molecule has 0 radical (unpaired) electrons. The number of aromatic nitrogens is 2. The fraction of sp³-hybridized carbons (Fsp3) is 0.357. The molecule has 0 spiro atoms. The molecule has 3 rings (SSSR count). The zero-order valence-electron chi connectivity index (χ0n) is 10.9. The topological polar surface area (TPSA) is 38.0 Å². The molecule has 0 amide bonds. The Bertz CT molecular complexity index is 677. The Morgan fingerprint density at radius 1 is 1.29 bits per heavy atom. The van der Waals surface area contributed by atoms with Crippen molar-refractivity contribution in [2.45, 2.75) is 31.5 Å². The van der Waals surface area contributed by atoms with Crippen molar-refractivity contribution in [3.63, 3.8) is 0 Å². The van der Waals surface area contributed by atoms with Gasteiger partial charge in [0.15, 0.2) is 5.69 Å². The van der Waals surface area contributed by atoms with Gasteiger partial charge in [0.2, 0.25) is 0 Å². The first-order valence-electron chi connectivity index (χ1n) is 6.47. The van der Waals surface area contributed by atoms with Crippen LogP contribution in [0.25, 0.3) is 5.69 Å². The van der Waals surface area contributed by atoms with Gasteiger partial charge in [0.1, 0.15) is 0 Å². The standard InChI is InChI=1S/C14H12BrF3N2O/c15-10-3-4-11(9(5-10)7-21)20-12(8-1-2-8)6-13(19-20)14(16,17)18/h3-6,8,21H,1-2,7H2. The van der Waals surface area contributed by atoms with Crippen LogP contribution in [0.5, 0.6) is 0 Å². The Labute approximate surface area is 127 Å². The zero-order valence-corrected chi connectivity index (χ0v) is 12.4. The van der Waals surface area contributed by atoms with Crippen LogP contribution in [0.4, 0.5) is 13.2 Å². The van der Waals surface area contributed by atoms with E-state index in [2.05, 4.69) is 21.0 Å². The highest BCUT2D eigenvalue weighted by atomic mass is 79.9. The largest absolute Gasteiger partial charge is 0.435 e. The van der Waals surface area contributed by atoms with Gasteiger partial charge in [-0.25, -0.2) is 4.68 Å². The summed E-state index contributed by atoms with van der Waals surface area (Å²) in [5.41, 5.74) is 0.678. The molecule has 21 heavy (non-hydrogen) atoms. The summed E-state index contributed by atoms with van der Waals surface area (Å²) in [5.74, 6) is 0.115. The summed E-state index contributed by atoms with van der Waals surface area (Å²) in [6.45, 7) is -0.264. The second kappa shape index (κ2) is 5.14. The van der Waals surface area contributed by atoms with E-state index < -0.39 is 11.9 Å². The lowest BCUT2D eigenvalue weighted by Crippen LogP contribution is -2.09. The van der Waals surface area contributed by atoms with Crippen LogP contribution < -0.4 is 0 Å². The maximum absolute atomic E-state index is 12.9. The van der Waals surface area contributed by atoms with Crippen molar-refractivity contribution >= 4 is 15.9 Å². The lowest BCUT2D eigenvalue weighted by molar-refractivity contribution is -0.141. The summed E-state index contributed by atoms with van der Waals surface area (Å²) in [6.07, 6.45) is -2.73. The number of halogens is 4. The Balaban J connectivity index is 2.15. The van der Waals surface area contributed by atoms with Gasteiger partial charge in [0.05, 0.1) is 12.3 Å². The number of aliphatic hydroxyl groups is 1. The second-order valence-corrected chi connectivity index (χ2v) is 5.99. The van der Waals surface area contributed by atoms with Gasteiger partial charge >= 0.3 is 6.18 Å².